The molecule has 0 aromatic heterocycles. The molecular weight excluding hydrogens is 350 g/mol. The molecule has 1 aromatic rings. The lowest BCUT2D eigenvalue weighted by molar-refractivity contribution is 0.0338. The largest absolute Gasteiger partial charge is 0.493 e. The Balaban J connectivity index is 2.12. The second-order valence-corrected chi connectivity index (χ2v) is 5.89. The van der Waals surface area contributed by atoms with E-state index in [0.29, 0.717) is 12.2 Å². The Bertz CT molecular complexity index is 489. The number of hydrogen-bond acceptors (Lipinski definition) is 5. The van der Waals surface area contributed by atoms with Gasteiger partial charge in [-0.05, 0) is 18.6 Å². The van der Waals surface area contributed by atoms with Gasteiger partial charge in [-0.25, -0.2) is 4.79 Å². The molecule has 0 atom stereocenters. The van der Waals surface area contributed by atoms with Crippen LogP contribution in [0.5, 0.6) is 5.75 Å². The molecule has 122 valence electrons. The fraction of sp³-hybridized carbons (Fsp3) is 0.562. The standard InChI is InChI=1S/C16H22BrNO4/c1-20-16(19)13-3-4-14(12-18-6-9-21-10-7-18)15(11-13)22-8-2-5-17/h3-4,11H,2,5-10,12H2,1H3. The second kappa shape index (κ2) is 9.12. The van der Waals surface area contributed by atoms with Gasteiger partial charge in [0.25, 0.3) is 0 Å². The molecule has 22 heavy (non-hydrogen) atoms. The minimum atomic E-state index is -0.344. The summed E-state index contributed by atoms with van der Waals surface area (Å²) in [5.74, 6) is 0.415. The predicted octanol–water partition coefficient (Wildman–Crippen LogP) is 2.47. The molecular formula is C16H22BrNO4. The molecule has 0 radical (unpaired) electrons. The van der Waals surface area contributed by atoms with E-state index in [0.717, 1.165) is 55.9 Å². The fourth-order valence-electron chi connectivity index (χ4n) is 2.30. The summed E-state index contributed by atoms with van der Waals surface area (Å²) >= 11 is 3.39. The van der Waals surface area contributed by atoms with Crippen LogP contribution in [0.15, 0.2) is 18.2 Å². The number of halogens is 1. The third kappa shape index (κ3) is 4.97. The van der Waals surface area contributed by atoms with Crippen LogP contribution in [-0.2, 0) is 16.0 Å². The van der Waals surface area contributed by atoms with Crippen LogP contribution in [0.3, 0.4) is 0 Å². The van der Waals surface area contributed by atoms with Crippen LogP contribution in [0, 0.1) is 0 Å². The molecule has 1 saturated heterocycles. The fourth-order valence-corrected chi connectivity index (χ4v) is 2.53. The number of carbonyl (C=O) groups is 1. The van der Waals surface area contributed by atoms with Gasteiger partial charge in [0, 0.05) is 30.5 Å². The first kappa shape index (κ1) is 17.2. The molecule has 0 spiro atoms. The van der Waals surface area contributed by atoms with Gasteiger partial charge in [0.15, 0.2) is 0 Å². The van der Waals surface area contributed by atoms with Crippen molar-refractivity contribution in [3.63, 3.8) is 0 Å². The van der Waals surface area contributed by atoms with Gasteiger partial charge in [-0.1, -0.05) is 22.0 Å². The minimum Gasteiger partial charge on any atom is -0.493 e. The predicted molar refractivity (Wildman–Crippen MR) is 87.8 cm³/mol. The first-order valence-corrected chi connectivity index (χ1v) is 8.57. The van der Waals surface area contributed by atoms with E-state index < -0.39 is 0 Å². The maximum absolute atomic E-state index is 11.7. The molecule has 0 bridgehead atoms. The van der Waals surface area contributed by atoms with E-state index >= 15 is 0 Å². The van der Waals surface area contributed by atoms with E-state index in [4.69, 9.17) is 14.2 Å². The third-order valence-electron chi connectivity index (χ3n) is 3.52. The zero-order chi connectivity index (χ0) is 15.8. The number of carbonyl (C=O) groups excluding carboxylic acids is 1. The topological polar surface area (TPSA) is 48.0 Å². The molecule has 1 aliphatic rings. The number of nitrogens with zero attached hydrogens (tertiary/aromatic N) is 1. The van der Waals surface area contributed by atoms with Crippen LogP contribution in [-0.4, -0.2) is 56.2 Å². The van der Waals surface area contributed by atoms with Gasteiger partial charge in [-0.3, -0.25) is 4.90 Å². The highest BCUT2D eigenvalue weighted by atomic mass is 79.9. The summed E-state index contributed by atoms with van der Waals surface area (Å²) in [5, 5.41) is 0.891. The van der Waals surface area contributed by atoms with Gasteiger partial charge in [0.1, 0.15) is 5.75 Å². The maximum atomic E-state index is 11.7. The van der Waals surface area contributed by atoms with Crippen molar-refractivity contribution >= 4 is 21.9 Å². The van der Waals surface area contributed by atoms with E-state index in [-0.39, 0.29) is 5.97 Å². The van der Waals surface area contributed by atoms with Crippen molar-refractivity contribution in [3.8, 4) is 5.75 Å². The Morgan fingerprint density at radius 3 is 2.82 bits per heavy atom. The first-order valence-electron chi connectivity index (χ1n) is 7.44. The SMILES string of the molecule is COC(=O)c1ccc(CN2CCOCC2)c(OCCCBr)c1. The van der Waals surface area contributed by atoms with Crippen molar-refractivity contribution < 1.29 is 19.0 Å². The van der Waals surface area contributed by atoms with Gasteiger partial charge in [-0.2, -0.15) is 0 Å². The van der Waals surface area contributed by atoms with E-state index in [2.05, 4.69) is 20.8 Å². The van der Waals surface area contributed by atoms with Crippen molar-refractivity contribution in [2.75, 3.05) is 45.4 Å². The first-order chi connectivity index (χ1) is 10.7. The number of hydrogen-bond donors (Lipinski definition) is 0. The summed E-state index contributed by atoms with van der Waals surface area (Å²) in [6, 6.07) is 5.51. The number of benzene rings is 1. The summed E-state index contributed by atoms with van der Waals surface area (Å²) in [4.78, 5) is 14.0. The molecule has 1 aliphatic heterocycles. The molecule has 2 rings (SSSR count). The molecule has 0 aliphatic carbocycles. The van der Waals surface area contributed by atoms with E-state index in [9.17, 15) is 4.79 Å². The Labute approximate surface area is 139 Å². The number of rotatable bonds is 7. The number of ether oxygens (including phenoxy) is 3. The Kier molecular flexibility index (Phi) is 7.15. The second-order valence-electron chi connectivity index (χ2n) is 5.09. The number of methoxy groups -OCH3 is 1. The zero-order valence-corrected chi connectivity index (χ0v) is 14.4. The smallest absolute Gasteiger partial charge is 0.337 e. The van der Waals surface area contributed by atoms with Gasteiger partial charge in [0.05, 0.1) is 32.5 Å². The van der Waals surface area contributed by atoms with Crippen molar-refractivity contribution in [3.05, 3.63) is 29.3 Å². The Morgan fingerprint density at radius 1 is 1.36 bits per heavy atom. The molecule has 1 fully saturated rings. The van der Waals surface area contributed by atoms with Gasteiger partial charge in [0.2, 0.25) is 0 Å². The molecule has 0 saturated carbocycles. The average molecular weight is 372 g/mol. The van der Waals surface area contributed by atoms with E-state index in [1.807, 2.05) is 6.07 Å². The third-order valence-corrected chi connectivity index (χ3v) is 4.08. The van der Waals surface area contributed by atoms with Gasteiger partial charge < -0.3 is 14.2 Å². The van der Waals surface area contributed by atoms with Crippen LogP contribution in [0.4, 0.5) is 0 Å². The van der Waals surface area contributed by atoms with Crippen LogP contribution >= 0.6 is 15.9 Å². The van der Waals surface area contributed by atoms with Gasteiger partial charge in [-0.15, -0.1) is 0 Å². The average Bonchev–Trinajstić information content (AvgIpc) is 2.56. The zero-order valence-electron chi connectivity index (χ0n) is 12.8. The Morgan fingerprint density at radius 2 is 2.14 bits per heavy atom. The molecule has 0 unspecified atom stereocenters. The highest BCUT2D eigenvalue weighted by Gasteiger charge is 2.16. The minimum absolute atomic E-state index is 0.344. The Hall–Kier alpha value is -1.11. The molecule has 0 N–H and O–H groups in total. The molecule has 6 heteroatoms. The lowest BCUT2D eigenvalue weighted by Crippen LogP contribution is -2.35. The van der Waals surface area contributed by atoms with E-state index in [1.54, 1.807) is 12.1 Å². The van der Waals surface area contributed by atoms with Crippen LogP contribution in [0.2, 0.25) is 0 Å². The maximum Gasteiger partial charge on any atom is 0.337 e. The highest BCUT2D eigenvalue weighted by Crippen LogP contribution is 2.23. The molecule has 0 amide bonds. The van der Waals surface area contributed by atoms with Crippen molar-refractivity contribution in [2.24, 2.45) is 0 Å². The molecule has 5 nitrogen and oxygen atoms in total. The van der Waals surface area contributed by atoms with Gasteiger partial charge >= 0.3 is 5.97 Å². The van der Waals surface area contributed by atoms with Crippen LogP contribution in [0.1, 0.15) is 22.3 Å². The highest BCUT2D eigenvalue weighted by molar-refractivity contribution is 9.09. The summed E-state index contributed by atoms with van der Waals surface area (Å²) in [5.41, 5.74) is 1.60. The summed E-state index contributed by atoms with van der Waals surface area (Å²) in [7, 11) is 1.38. The quantitative estimate of drug-likeness (QED) is 0.418. The monoisotopic (exact) mass is 371 g/mol. The number of morpholine rings is 1. The molecule has 1 heterocycles. The number of esters is 1. The van der Waals surface area contributed by atoms with E-state index in [1.165, 1.54) is 7.11 Å². The van der Waals surface area contributed by atoms with Crippen LogP contribution < -0.4 is 4.74 Å². The van der Waals surface area contributed by atoms with Crippen LogP contribution in [0.25, 0.3) is 0 Å². The summed E-state index contributed by atoms with van der Waals surface area (Å²) in [6.45, 7) is 4.78. The normalized spacial score (nSPS) is 15.5. The lowest BCUT2D eigenvalue weighted by Gasteiger charge is -2.27. The summed E-state index contributed by atoms with van der Waals surface area (Å²) in [6.07, 6.45) is 0.916. The molecule has 1 aromatic carbocycles. The van der Waals surface area contributed by atoms with Crippen molar-refractivity contribution in [1.29, 1.82) is 0 Å². The van der Waals surface area contributed by atoms with Crippen molar-refractivity contribution in [1.82, 2.24) is 4.90 Å². The lowest BCUT2D eigenvalue weighted by atomic mass is 10.1. The summed E-state index contributed by atoms with van der Waals surface area (Å²) < 4.78 is 16.0. The van der Waals surface area contributed by atoms with Crippen molar-refractivity contribution in [2.45, 2.75) is 13.0 Å². The number of alkyl halides is 1.